The molecule has 1 amide bonds. The van der Waals surface area contributed by atoms with Crippen molar-refractivity contribution in [3.05, 3.63) is 64.6 Å². The van der Waals surface area contributed by atoms with E-state index in [0.717, 1.165) is 18.2 Å². The first-order chi connectivity index (χ1) is 12.9. The van der Waals surface area contributed by atoms with E-state index >= 15 is 0 Å². The summed E-state index contributed by atoms with van der Waals surface area (Å²) < 4.78 is 41.1. The second kappa shape index (κ2) is 6.44. The highest BCUT2D eigenvalue weighted by Crippen LogP contribution is 2.28. The Morgan fingerprint density at radius 2 is 1.85 bits per heavy atom. The number of fused-ring (bicyclic) bond motifs is 1. The van der Waals surface area contributed by atoms with Crippen LogP contribution in [0.4, 0.5) is 18.9 Å². The summed E-state index contributed by atoms with van der Waals surface area (Å²) in [6.07, 6.45) is 1.26. The van der Waals surface area contributed by atoms with Crippen molar-refractivity contribution in [2.75, 3.05) is 5.32 Å². The highest BCUT2D eigenvalue weighted by molar-refractivity contribution is 6.31. The number of halogens is 4. The predicted octanol–water partition coefficient (Wildman–Crippen LogP) is 4.28. The van der Waals surface area contributed by atoms with Gasteiger partial charge in [-0.2, -0.15) is 5.10 Å². The third kappa shape index (κ3) is 3.02. The summed E-state index contributed by atoms with van der Waals surface area (Å²) >= 11 is 5.74. The summed E-state index contributed by atoms with van der Waals surface area (Å²) in [6.45, 7) is 0. The Labute approximate surface area is 154 Å². The standard InChI is InChI=1S/C17H9ClF3N5O/c18-7-4-11-12(5-10(7)21)24-16(23-11)15-13(6-22-26-15)25-17(27)14-8(19)2-1-3-9(14)20/h1-6H,(H,22,26)(H,23,24)(H,25,27). The van der Waals surface area contributed by atoms with Crippen LogP contribution in [0.15, 0.2) is 36.5 Å². The number of carbonyl (C=O) groups excluding carboxylic acids is 1. The number of carbonyl (C=O) groups is 1. The molecule has 0 radical (unpaired) electrons. The molecule has 3 N–H and O–H groups in total. The van der Waals surface area contributed by atoms with Gasteiger partial charge < -0.3 is 10.3 Å². The van der Waals surface area contributed by atoms with Gasteiger partial charge in [0.05, 0.1) is 27.9 Å². The van der Waals surface area contributed by atoms with Crippen LogP contribution in [0, 0.1) is 17.5 Å². The number of hydrogen-bond acceptors (Lipinski definition) is 3. The van der Waals surface area contributed by atoms with Crippen molar-refractivity contribution in [3.63, 3.8) is 0 Å². The topological polar surface area (TPSA) is 86.5 Å². The van der Waals surface area contributed by atoms with Crippen LogP contribution in [0.2, 0.25) is 5.02 Å². The molecule has 2 aromatic carbocycles. The zero-order valence-corrected chi connectivity index (χ0v) is 14.0. The molecule has 4 aromatic rings. The number of anilines is 1. The van der Waals surface area contributed by atoms with Crippen LogP contribution < -0.4 is 5.32 Å². The van der Waals surface area contributed by atoms with Gasteiger partial charge in [0.25, 0.3) is 5.91 Å². The molecular weight excluding hydrogens is 383 g/mol. The first-order valence-electron chi connectivity index (χ1n) is 7.58. The minimum atomic E-state index is -0.994. The van der Waals surface area contributed by atoms with Gasteiger partial charge in [0.2, 0.25) is 0 Å². The minimum Gasteiger partial charge on any atom is -0.337 e. The normalized spacial score (nSPS) is 11.1. The summed E-state index contributed by atoms with van der Waals surface area (Å²) in [6, 6.07) is 5.63. The average molecular weight is 392 g/mol. The molecular formula is C17H9ClF3N5O. The maximum atomic E-state index is 13.8. The second-order valence-corrected chi connectivity index (χ2v) is 5.99. The molecule has 2 aromatic heterocycles. The van der Waals surface area contributed by atoms with Crippen molar-refractivity contribution in [3.8, 4) is 11.5 Å². The number of nitrogens with zero attached hydrogens (tertiary/aromatic N) is 2. The number of amides is 1. The van der Waals surface area contributed by atoms with Gasteiger partial charge in [0.1, 0.15) is 28.7 Å². The van der Waals surface area contributed by atoms with E-state index in [1.807, 2.05) is 0 Å². The number of benzene rings is 2. The molecule has 0 spiro atoms. The number of imidazole rings is 1. The lowest BCUT2D eigenvalue weighted by Gasteiger charge is -2.06. The van der Waals surface area contributed by atoms with Crippen LogP contribution in [0.5, 0.6) is 0 Å². The zero-order valence-electron chi connectivity index (χ0n) is 13.3. The molecule has 0 aliphatic carbocycles. The highest BCUT2D eigenvalue weighted by atomic mass is 35.5. The fraction of sp³-hybridized carbons (Fsp3) is 0. The quantitative estimate of drug-likeness (QED) is 0.487. The summed E-state index contributed by atoms with van der Waals surface area (Å²) in [4.78, 5) is 19.4. The number of aromatic amines is 2. The van der Waals surface area contributed by atoms with Crippen LogP contribution in [0.3, 0.4) is 0 Å². The van der Waals surface area contributed by atoms with E-state index in [1.165, 1.54) is 18.3 Å². The first kappa shape index (κ1) is 17.1. The number of nitrogens with one attached hydrogen (secondary N) is 3. The van der Waals surface area contributed by atoms with Crippen LogP contribution in [-0.2, 0) is 0 Å². The van der Waals surface area contributed by atoms with Crippen molar-refractivity contribution in [1.29, 1.82) is 0 Å². The summed E-state index contributed by atoms with van der Waals surface area (Å²) in [5, 5.41) is 8.73. The van der Waals surface area contributed by atoms with Crippen molar-refractivity contribution in [1.82, 2.24) is 20.2 Å². The Morgan fingerprint density at radius 3 is 2.59 bits per heavy atom. The Balaban J connectivity index is 1.70. The van der Waals surface area contributed by atoms with Crippen molar-refractivity contribution in [2.45, 2.75) is 0 Å². The molecule has 0 aliphatic rings. The maximum absolute atomic E-state index is 13.8. The maximum Gasteiger partial charge on any atom is 0.261 e. The van der Waals surface area contributed by atoms with Crippen molar-refractivity contribution in [2.24, 2.45) is 0 Å². The second-order valence-electron chi connectivity index (χ2n) is 5.58. The van der Waals surface area contributed by atoms with Crippen LogP contribution in [-0.4, -0.2) is 26.1 Å². The molecule has 2 heterocycles. The van der Waals surface area contributed by atoms with E-state index in [9.17, 15) is 18.0 Å². The molecule has 4 rings (SSSR count). The van der Waals surface area contributed by atoms with Gasteiger partial charge >= 0.3 is 0 Å². The number of rotatable bonds is 3. The average Bonchev–Trinajstić information content (AvgIpc) is 3.21. The Morgan fingerprint density at radius 1 is 1.11 bits per heavy atom. The van der Waals surface area contributed by atoms with Crippen molar-refractivity contribution < 1.29 is 18.0 Å². The van der Waals surface area contributed by atoms with Gasteiger partial charge in [-0.05, 0) is 18.2 Å². The van der Waals surface area contributed by atoms with Gasteiger partial charge in [0, 0.05) is 6.07 Å². The van der Waals surface area contributed by atoms with E-state index in [2.05, 4.69) is 25.5 Å². The Bertz CT molecular complexity index is 1130. The molecule has 136 valence electrons. The van der Waals surface area contributed by atoms with E-state index in [4.69, 9.17) is 11.6 Å². The molecule has 0 atom stereocenters. The minimum absolute atomic E-state index is 0.0892. The SMILES string of the molecule is O=C(Nc1cn[nH]c1-c1nc2cc(Cl)c(F)cc2[nH]1)c1c(F)cccc1F. The van der Waals surface area contributed by atoms with Crippen LogP contribution in [0.1, 0.15) is 10.4 Å². The monoisotopic (exact) mass is 391 g/mol. The summed E-state index contributed by atoms with van der Waals surface area (Å²) in [5.74, 6) is -3.36. The lowest BCUT2D eigenvalue weighted by Crippen LogP contribution is -2.16. The fourth-order valence-corrected chi connectivity index (χ4v) is 2.74. The summed E-state index contributed by atoms with van der Waals surface area (Å²) in [7, 11) is 0. The molecule has 6 nitrogen and oxygen atoms in total. The molecule has 0 unspecified atom stereocenters. The lowest BCUT2D eigenvalue weighted by atomic mass is 10.2. The first-order valence-corrected chi connectivity index (χ1v) is 7.95. The van der Waals surface area contributed by atoms with E-state index in [1.54, 1.807) is 0 Å². The van der Waals surface area contributed by atoms with Gasteiger partial charge in [-0.3, -0.25) is 9.89 Å². The van der Waals surface area contributed by atoms with E-state index in [0.29, 0.717) is 11.0 Å². The molecule has 27 heavy (non-hydrogen) atoms. The van der Waals surface area contributed by atoms with Crippen LogP contribution in [0.25, 0.3) is 22.6 Å². The predicted molar refractivity (Wildman–Crippen MR) is 93.0 cm³/mol. The van der Waals surface area contributed by atoms with E-state index in [-0.39, 0.29) is 22.2 Å². The highest BCUT2D eigenvalue weighted by Gasteiger charge is 2.20. The molecule has 0 bridgehead atoms. The number of H-pyrrole nitrogens is 2. The number of hydrogen-bond donors (Lipinski definition) is 3. The number of aromatic nitrogens is 4. The molecule has 0 saturated heterocycles. The molecule has 0 fully saturated rings. The Hall–Kier alpha value is -3.33. The van der Waals surface area contributed by atoms with Gasteiger partial charge in [0.15, 0.2) is 5.82 Å². The van der Waals surface area contributed by atoms with Crippen molar-refractivity contribution >= 4 is 34.2 Å². The molecule has 0 saturated carbocycles. The third-order valence-corrected chi connectivity index (χ3v) is 4.13. The van der Waals surface area contributed by atoms with Crippen LogP contribution >= 0.6 is 11.6 Å². The van der Waals surface area contributed by atoms with Gasteiger partial charge in [-0.15, -0.1) is 0 Å². The van der Waals surface area contributed by atoms with Gasteiger partial charge in [-0.1, -0.05) is 17.7 Å². The molecule has 0 aliphatic heterocycles. The Kier molecular flexibility index (Phi) is 4.08. The molecule has 10 heteroatoms. The summed E-state index contributed by atoms with van der Waals surface area (Å²) in [5.41, 5.74) is 0.423. The van der Waals surface area contributed by atoms with E-state index < -0.39 is 28.9 Å². The fourth-order valence-electron chi connectivity index (χ4n) is 2.58. The van der Waals surface area contributed by atoms with Gasteiger partial charge in [-0.25, -0.2) is 18.2 Å². The lowest BCUT2D eigenvalue weighted by molar-refractivity contribution is 0.101. The smallest absolute Gasteiger partial charge is 0.261 e. The zero-order chi connectivity index (χ0) is 19.1. The largest absolute Gasteiger partial charge is 0.337 e. The third-order valence-electron chi connectivity index (χ3n) is 3.84.